The highest BCUT2D eigenvalue weighted by atomic mass is 32.2. The number of alkyl halides is 2. The van der Waals surface area contributed by atoms with E-state index < -0.39 is 16.0 Å². The summed E-state index contributed by atoms with van der Waals surface area (Å²) < 4.78 is 54.6. The molecule has 1 amide bonds. The fourth-order valence-corrected chi connectivity index (χ4v) is 5.98. The zero-order valence-electron chi connectivity index (χ0n) is 29.2. The molecule has 4 aromatic rings. The summed E-state index contributed by atoms with van der Waals surface area (Å²) in [5.41, 5.74) is 11.6. The van der Waals surface area contributed by atoms with E-state index in [1.54, 1.807) is 13.1 Å². The van der Waals surface area contributed by atoms with Gasteiger partial charge in [-0.05, 0) is 92.2 Å². The summed E-state index contributed by atoms with van der Waals surface area (Å²) in [5.74, 6) is -2.89. The summed E-state index contributed by atoms with van der Waals surface area (Å²) in [4.78, 5) is 22.7. The minimum Gasteiger partial charge on any atom is -0.326 e. The first kappa shape index (κ1) is 39.9. The summed E-state index contributed by atoms with van der Waals surface area (Å²) in [6, 6.07) is 27.4. The second-order valence-electron chi connectivity index (χ2n) is 12.5. The summed E-state index contributed by atoms with van der Waals surface area (Å²) >= 11 is 0. The maximum atomic E-state index is 13.3. The quantitative estimate of drug-likeness (QED) is 0.119. The van der Waals surface area contributed by atoms with Gasteiger partial charge in [0.15, 0.2) is 0 Å². The largest absolute Gasteiger partial charge is 0.326 e. The van der Waals surface area contributed by atoms with Crippen molar-refractivity contribution in [2.75, 3.05) is 24.7 Å². The van der Waals surface area contributed by atoms with Gasteiger partial charge in [-0.1, -0.05) is 90.0 Å². The van der Waals surface area contributed by atoms with Crippen molar-refractivity contribution in [2.45, 2.75) is 59.3 Å². The van der Waals surface area contributed by atoms with Gasteiger partial charge in [0.2, 0.25) is 5.91 Å². The van der Waals surface area contributed by atoms with Gasteiger partial charge in [0.1, 0.15) is 6.29 Å². The summed E-state index contributed by atoms with van der Waals surface area (Å²) in [7, 11) is -2.13. The average Bonchev–Trinajstić information content (AvgIpc) is 3.05. The molecule has 0 unspecified atom stereocenters. The number of halogens is 2. The lowest BCUT2D eigenvalue weighted by Gasteiger charge is -2.21. The van der Waals surface area contributed by atoms with E-state index in [4.69, 9.17) is 4.55 Å². The number of rotatable bonds is 9. The highest BCUT2D eigenvalue weighted by Gasteiger charge is 2.31. The van der Waals surface area contributed by atoms with Gasteiger partial charge in [-0.25, -0.2) is 8.78 Å². The van der Waals surface area contributed by atoms with Crippen LogP contribution in [0.15, 0.2) is 91.0 Å². The van der Waals surface area contributed by atoms with Crippen LogP contribution in [-0.2, 0) is 21.3 Å². The number of carbonyl (C=O) groups is 2. The zero-order valence-corrected chi connectivity index (χ0v) is 30.0. The van der Waals surface area contributed by atoms with Crippen molar-refractivity contribution in [3.8, 4) is 11.1 Å². The second kappa shape index (κ2) is 18.5. The summed E-state index contributed by atoms with van der Waals surface area (Å²) in [5, 5.41) is 5.55. The van der Waals surface area contributed by atoms with Crippen LogP contribution < -0.4 is 10.6 Å². The Morgan fingerprint density at radius 1 is 0.860 bits per heavy atom. The van der Waals surface area contributed by atoms with Gasteiger partial charge < -0.3 is 10.6 Å². The van der Waals surface area contributed by atoms with Crippen molar-refractivity contribution in [3.63, 3.8) is 0 Å². The molecule has 0 heterocycles. The normalized spacial score (nSPS) is 13.5. The predicted molar refractivity (Wildman–Crippen MR) is 199 cm³/mol. The highest BCUT2D eigenvalue weighted by Crippen LogP contribution is 2.36. The molecule has 0 spiro atoms. The minimum atomic E-state index is -3.75. The van der Waals surface area contributed by atoms with Gasteiger partial charge in [0, 0.05) is 30.6 Å². The number of carbonyl (C=O) groups excluding carboxylic acids is 2. The Morgan fingerprint density at radius 3 is 1.92 bits per heavy atom. The molecule has 0 saturated carbocycles. The lowest BCUT2D eigenvalue weighted by atomic mass is 9.91. The third kappa shape index (κ3) is 13.4. The number of aryl methyl sites for hydroxylation is 4. The molecule has 0 bridgehead atoms. The number of nitrogens with one attached hydrogen (secondary N) is 2. The Bertz CT molecular complexity index is 1850. The van der Waals surface area contributed by atoms with Crippen LogP contribution in [0.2, 0.25) is 0 Å². The Kier molecular flexibility index (Phi) is 14.8. The molecule has 0 fully saturated rings. The Hall–Kier alpha value is -4.51. The van der Waals surface area contributed by atoms with Crippen LogP contribution in [0.25, 0.3) is 16.7 Å². The number of hydrogen-bond acceptors (Lipinski definition) is 5. The van der Waals surface area contributed by atoms with Crippen molar-refractivity contribution in [1.29, 1.82) is 0 Å². The maximum absolute atomic E-state index is 13.3. The molecule has 0 aliphatic heterocycles. The van der Waals surface area contributed by atoms with Gasteiger partial charge in [0.05, 0.1) is 12.2 Å². The van der Waals surface area contributed by atoms with Gasteiger partial charge in [-0.2, -0.15) is 8.42 Å². The standard InChI is InChI=1S/C29H29F2NO.C8H8O.C3H9NO3S/c1-19-16-20(2)28(21(3)17-19)25-8-10-26(11-9-25)32-27(33)18-22-4-6-23(7-5-22)24-12-14-29(30,31)15-13-24;1-7-2-4-8(6-9)5-3-7;1-4-2-3-8(5,6)7/h4-12,16-17H,13-15,18H2,1-3H3,(H,32,33);2-6H,1H3;4H,2-3H2,1H3,(H,5,6,7). The number of benzene rings is 4. The van der Waals surface area contributed by atoms with E-state index >= 15 is 0 Å². The zero-order chi connectivity index (χ0) is 36.9. The number of amides is 1. The van der Waals surface area contributed by atoms with Gasteiger partial charge in [0.25, 0.3) is 16.0 Å². The van der Waals surface area contributed by atoms with Crippen molar-refractivity contribution >= 4 is 33.6 Å². The number of anilines is 1. The maximum Gasteiger partial charge on any atom is 0.266 e. The lowest BCUT2D eigenvalue weighted by Crippen LogP contribution is -2.18. The summed E-state index contributed by atoms with van der Waals surface area (Å²) in [6.07, 6.45) is 2.81. The topological polar surface area (TPSA) is 113 Å². The van der Waals surface area contributed by atoms with E-state index in [2.05, 4.69) is 43.5 Å². The Balaban J connectivity index is 0.000000325. The van der Waals surface area contributed by atoms with Gasteiger partial charge >= 0.3 is 0 Å². The van der Waals surface area contributed by atoms with E-state index in [0.717, 1.165) is 39.8 Å². The minimum absolute atomic E-state index is 0.0882. The molecule has 0 aromatic heterocycles. The molecular formula is C40H46F2N2O5S. The van der Waals surface area contributed by atoms with Crippen LogP contribution in [0.5, 0.6) is 0 Å². The highest BCUT2D eigenvalue weighted by molar-refractivity contribution is 7.85. The predicted octanol–water partition coefficient (Wildman–Crippen LogP) is 8.56. The van der Waals surface area contributed by atoms with E-state index in [1.807, 2.05) is 79.7 Å². The van der Waals surface area contributed by atoms with Crippen molar-refractivity contribution in [2.24, 2.45) is 0 Å². The molecule has 4 aromatic carbocycles. The van der Waals surface area contributed by atoms with Crippen molar-refractivity contribution < 1.29 is 31.3 Å². The molecule has 0 radical (unpaired) electrons. The molecule has 5 rings (SSSR count). The number of allylic oxidation sites excluding steroid dienone is 2. The molecule has 10 heteroatoms. The van der Waals surface area contributed by atoms with Crippen LogP contribution in [-0.4, -0.2) is 50.4 Å². The molecule has 0 saturated heterocycles. The average molecular weight is 705 g/mol. The molecule has 7 nitrogen and oxygen atoms in total. The first-order valence-electron chi connectivity index (χ1n) is 16.3. The SMILES string of the molecule is CNCCS(=O)(=O)O.Cc1cc(C)c(-c2ccc(NC(=O)Cc3ccc(C4=CCC(F)(F)CC4)cc3)cc2)c(C)c1.Cc1ccc(C=O)cc1. The summed E-state index contributed by atoms with van der Waals surface area (Å²) in [6.45, 7) is 8.63. The fourth-order valence-electron chi connectivity index (χ4n) is 5.52. The Labute approximate surface area is 294 Å². The smallest absolute Gasteiger partial charge is 0.266 e. The third-order valence-electron chi connectivity index (χ3n) is 8.05. The second-order valence-corrected chi connectivity index (χ2v) is 14.1. The molecule has 3 N–H and O–H groups in total. The molecule has 266 valence electrons. The van der Waals surface area contributed by atoms with Crippen LogP contribution in [0.3, 0.4) is 0 Å². The van der Waals surface area contributed by atoms with Crippen LogP contribution in [0, 0.1) is 27.7 Å². The number of aldehydes is 1. The molecule has 1 aliphatic carbocycles. The first-order chi connectivity index (χ1) is 23.6. The van der Waals surface area contributed by atoms with E-state index in [9.17, 15) is 26.8 Å². The molecule has 0 atom stereocenters. The first-order valence-corrected chi connectivity index (χ1v) is 18.0. The van der Waals surface area contributed by atoms with Crippen LogP contribution >= 0.6 is 0 Å². The van der Waals surface area contributed by atoms with Crippen molar-refractivity contribution in [1.82, 2.24) is 5.32 Å². The molecular weight excluding hydrogens is 659 g/mol. The monoisotopic (exact) mass is 704 g/mol. The third-order valence-corrected chi connectivity index (χ3v) is 8.77. The van der Waals surface area contributed by atoms with Gasteiger partial charge in [-0.3, -0.25) is 14.1 Å². The fraction of sp³-hybridized carbons (Fsp3) is 0.300. The molecule has 50 heavy (non-hydrogen) atoms. The number of hydrogen-bond donors (Lipinski definition) is 3. The Morgan fingerprint density at radius 2 is 1.44 bits per heavy atom. The van der Waals surface area contributed by atoms with E-state index in [-0.39, 0.29) is 30.9 Å². The van der Waals surface area contributed by atoms with Crippen LogP contribution in [0.4, 0.5) is 14.5 Å². The van der Waals surface area contributed by atoms with E-state index in [0.29, 0.717) is 13.0 Å². The van der Waals surface area contributed by atoms with Gasteiger partial charge in [-0.15, -0.1) is 0 Å². The van der Waals surface area contributed by atoms with E-state index in [1.165, 1.54) is 27.8 Å². The molecule has 1 aliphatic rings. The van der Waals surface area contributed by atoms with Crippen molar-refractivity contribution in [3.05, 3.63) is 130 Å². The lowest BCUT2D eigenvalue weighted by molar-refractivity contribution is -0.115. The van der Waals surface area contributed by atoms with Crippen LogP contribution in [0.1, 0.15) is 63.0 Å².